The molecule has 0 atom stereocenters. The van der Waals surface area contributed by atoms with Crippen LogP contribution in [0.4, 0.5) is 5.69 Å². The van der Waals surface area contributed by atoms with E-state index in [0.29, 0.717) is 29.5 Å². The van der Waals surface area contributed by atoms with Crippen molar-refractivity contribution in [1.29, 1.82) is 0 Å². The van der Waals surface area contributed by atoms with Gasteiger partial charge in [-0.1, -0.05) is 31.5 Å². The molecule has 0 bridgehead atoms. The molecular formula is C15H18ClN3O3S. The minimum Gasteiger partial charge on any atom is -0.356 e. The maximum Gasteiger partial charge on any atom is 0.272 e. The number of aromatic nitrogens is 1. The number of hydrogen-bond acceptors (Lipinski definition) is 3. The van der Waals surface area contributed by atoms with Crippen LogP contribution < -0.4 is 5.32 Å². The Kier molecular flexibility index (Phi) is 5.46. The standard InChI is InChI=1S/C15H18ClN3O3S/c1-3-19(4-2)23(21,22)13-7-5-6-12(9-13)18-15(20)14-8-11(16)10-17-14/h5-10,17H,3-4H2,1-2H3,(H,18,20). The zero-order chi connectivity index (χ0) is 17.0. The first-order valence-electron chi connectivity index (χ1n) is 7.14. The number of nitrogens with zero attached hydrogens (tertiary/aromatic N) is 1. The van der Waals surface area contributed by atoms with Crippen molar-refractivity contribution in [2.24, 2.45) is 0 Å². The summed E-state index contributed by atoms with van der Waals surface area (Å²) in [5.74, 6) is -0.394. The third-order valence-corrected chi connectivity index (χ3v) is 5.59. The number of carbonyl (C=O) groups is 1. The third kappa shape index (κ3) is 3.93. The first kappa shape index (κ1) is 17.5. The molecule has 0 saturated carbocycles. The first-order valence-corrected chi connectivity index (χ1v) is 8.95. The highest BCUT2D eigenvalue weighted by molar-refractivity contribution is 7.89. The monoisotopic (exact) mass is 355 g/mol. The van der Waals surface area contributed by atoms with Gasteiger partial charge in [0.25, 0.3) is 5.91 Å². The van der Waals surface area contributed by atoms with Gasteiger partial charge < -0.3 is 10.3 Å². The number of rotatable bonds is 6. The number of halogens is 1. The summed E-state index contributed by atoms with van der Waals surface area (Å²) in [7, 11) is -3.57. The molecule has 0 saturated heterocycles. The third-order valence-electron chi connectivity index (χ3n) is 3.33. The summed E-state index contributed by atoms with van der Waals surface area (Å²) in [6.45, 7) is 4.33. The lowest BCUT2D eigenvalue weighted by Gasteiger charge is -2.18. The van der Waals surface area contributed by atoms with Crippen LogP contribution in [-0.2, 0) is 10.0 Å². The van der Waals surface area contributed by atoms with Gasteiger partial charge in [0, 0.05) is 25.0 Å². The van der Waals surface area contributed by atoms with Gasteiger partial charge in [-0.3, -0.25) is 4.79 Å². The number of anilines is 1. The van der Waals surface area contributed by atoms with Crippen molar-refractivity contribution in [2.75, 3.05) is 18.4 Å². The summed E-state index contributed by atoms with van der Waals surface area (Å²) in [4.78, 5) is 15.0. The average Bonchev–Trinajstić information content (AvgIpc) is 2.95. The van der Waals surface area contributed by atoms with Gasteiger partial charge in [-0.05, 0) is 24.3 Å². The molecule has 0 radical (unpaired) electrons. The van der Waals surface area contributed by atoms with Gasteiger partial charge in [-0.25, -0.2) is 8.42 Å². The fourth-order valence-corrected chi connectivity index (χ4v) is 3.81. The predicted octanol–water partition coefficient (Wildman–Crippen LogP) is 2.95. The molecular weight excluding hydrogens is 338 g/mol. The smallest absolute Gasteiger partial charge is 0.272 e. The van der Waals surface area contributed by atoms with Crippen LogP contribution in [0.1, 0.15) is 24.3 Å². The topological polar surface area (TPSA) is 82.3 Å². The minimum atomic E-state index is -3.57. The number of nitrogens with one attached hydrogen (secondary N) is 2. The lowest BCUT2D eigenvalue weighted by molar-refractivity contribution is 0.102. The zero-order valence-electron chi connectivity index (χ0n) is 12.8. The van der Waals surface area contributed by atoms with Crippen molar-refractivity contribution in [1.82, 2.24) is 9.29 Å². The molecule has 23 heavy (non-hydrogen) atoms. The number of sulfonamides is 1. The predicted molar refractivity (Wildman–Crippen MR) is 90.3 cm³/mol. The van der Waals surface area contributed by atoms with E-state index in [9.17, 15) is 13.2 Å². The second-order valence-electron chi connectivity index (χ2n) is 4.80. The molecule has 124 valence electrons. The molecule has 2 N–H and O–H groups in total. The number of benzene rings is 1. The van der Waals surface area contributed by atoms with Gasteiger partial charge in [0.1, 0.15) is 5.69 Å². The normalized spacial score (nSPS) is 11.7. The van der Waals surface area contributed by atoms with E-state index in [4.69, 9.17) is 11.6 Å². The molecule has 0 aliphatic carbocycles. The van der Waals surface area contributed by atoms with E-state index in [-0.39, 0.29) is 4.90 Å². The molecule has 0 fully saturated rings. The number of amides is 1. The van der Waals surface area contributed by atoms with Gasteiger partial charge in [-0.2, -0.15) is 4.31 Å². The number of carbonyl (C=O) groups excluding carboxylic acids is 1. The highest BCUT2D eigenvalue weighted by atomic mass is 35.5. The van der Waals surface area contributed by atoms with Gasteiger partial charge in [0.2, 0.25) is 10.0 Å². The van der Waals surface area contributed by atoms with Crippen molar-refractivity contribution in [2.45, 2.75) is 18.7 Å². The number of aromatic amines is 1. The molecule has 0 unspecified atom stereocenters. The zero-order valence-corrected chi connectivity index (χ0v) is 14.4. The lowest BCUT2D eigenvalue weighted by atomic mass is 10.3. The van der Waals surface area contributed by atoms with Crippen LogP contribution in [0.25, 0.3) is 0 Å². The van der Waals surface area contributed by atoms with Crippen molar-refractivity contribution in [3.63, 3.8) is 0 Å². The molecule has 2 aromatic rings. The van der Waals surface area contributed by atoms with Gasteiger partial charge in [-0.15, -0.1) is 0 Å². The molecule has 2 rings (SSSR count). The molecule has 6 nitrogen and oxygen atoms in total. The largest absolute Gasteiger partial charge is 0.356 e. The maximum atomic E-state index is 12.5. The Balaban J connectivity index is 2.25. The van der Waals surface area contributed by atoms with Crippen LogP contribution in [0, 0.1) is 0 Å². The minimum absolute atomic E-state index is 0.142. The van der Waals surface area contributed by atoms with Crippen molar-refractivity contribution in [3.05, 3.63) is 47.2 Å². The molecule has 0 aliphatic rings. The Bertz CT molecular complexity index is 798. The van der Waals surface area contributed by atoms with Gasteiger partial charge in [0.15, 0.2) is 0 Å². The summed E-state index contributed by atoms with van der Waals surface area (Å²) in [6, 6.07) is 7.66. The summed E-state index contributed by atoms with van der Waals surface area (Å²) in [5, 5.41) is 3.07. The van der Waals surface area contributed by atoms with Crippen LogP contribution >= 0.6 is 11.6 Å². The fourth-order valence-electron chi connectivity index (χ4n) is 2.14. The van der Waals surface area contributed by atoms with Crippen LogP contribution in [0.2, 0.25) is 5.02 Å². The van der Waals surface area contributed by atoms with Gasteiger partial charge >= 0.3 is 0 Å². The van der Waals surface area contributed by atoms with E-state index in [1.54, 1.807) is 26.0 Å². The van der Waals surface area contributed by atoms with E-state index >= 15 is 0 Å². The second-order valence-corrected chi connectivity index (χ2v) is 7.18. The van der Waals surface area contributed by atoms with E-state index in [1.807, 2.05) is 0 Å². The summed E-state index contributed by atoms with van der Waals surface area (Å²) in [5.41, 5.74) is 0.695. The van der Waals surface area contributed by atoms with E-state index in [1.165, 1.54) is 28.7 Å². The Hall–Kier alpha value is -1.83. The summed E-state index contributed by atoms with van der Waals surface area (Å²) in [6.07, 6.45) is 1.50. The Morgan fingerprint density at radius 1 is 1.26 bits per heavy atom. The first-order chi connectivity index (χ1) is 10.9. The summed E-state index contributed by atoms with van der Waals surface area (Å²) < 4.78 is 26.4. The van der Waals surface area contributed by atoms with Crippen molar-refractivity contribution in [3.8, 4) is 0 Å². The Morgan fingerprint density at radius 2 is 1.96 bits per heavy atom. The Morgan fingerprint density at radius 3 is 2.52 bits per heavy atom. The van der Waals surface area contributed by atoms with Crippen LogP contribution in [0.3, 0.4) is 0 Å². The molecule has 1 aromatic carbocycles. The highest BCUT2D eigenvalue weighted by Gasteiger charge is 2.22. The molecule has 1 heterocycles. The van der Waals surface area contributed by atoms with Crippen LogP contribution in [-0.4, -0.2) is 36.7 Å². The number of hydrogen-bond donors (Lipinski definition) is 2. The molecule has 8 heteroatoms. The lowest BCUT2D eigenvalue weighted by Crippen LogP contribution is -2.30. The fraction of sp³-hybridized carbons (Fsp3) is 0.267. The quantitative estimate of drug-likeness (QED) is 0.835. The van der Waals surface area contributed by atoms with Crippen LogP contribution in [0.15, 0.2) is 41.4 Å². The second kappa shape index (κ2) is 7.16. The van der Waals surface area contributed by atoms with Crippen molar-refractivity contribution >= 4 is 33.2 Å². The Labute approximate surface area is 140 Å². The molecule has 0 spiro atoms. The number of H-pyrrole nitrogens is 1. The van der Waals surface area contributed by atoms with E-state index in [2.05, 4.69) is 10.3 Å². The van der Waals surface area contributed by atoms with E-state index < -0.39 is 15.9 Å². The SMILES string of the molecule is CCN(CC)S(=O)(=O)c1cccc(NC(=O)c2cc(Cl)c[nH]2)c1. The molecule has 0 aliphatic heterocycles. The maximum absolute atomic E-state index is 12.5. The summed E-state index contributed by atoms with van der Waals surface area (Å²) >= 11 is 5.76. The highest BCUT2D eigenvalue weighted by Crippen LogP contribution is 2.20. The molecule has 1 aromatic heterocycles. The van der Waals surface area contributed by atoms with Gasteiger partial charge in [0.05, 0.1) is 9.92 Å². The molecule has 1 amide bonds. The average molecular weight is 356 g/mol. The van der Waals surface area contributed by atoms with E-state index in [0.717, 1.165) is 0 Å². The van der Waals surface area contributed by atoms with Crippen LogP contribution in [0.5, 0.6) is 0 Å². The van der Waals surface area contributed by atoms with Crippen molar-refractivity contribution < 1.29 is 13.2 Å².